The lowest BCUT2D eigenvalue weighted by molar-refractivity contribution is 0.216. The number of benzene rings is 2. The van der Waals surface area contributed by atoms with Crippen molar-refractivity contribution in [1.82, 2.24) is 0 Å². The second kappa shape index (κ2) is 6.53. The monoisotopic (exact) mass is 275 g/mol. The zero-order chi connectivity index (χ0) is 14.4. The average molecular weight is 275 g/mol. The van der Waals surface area contributed by atoms with Gasteiger partial charge in [0.05, 0.1) is 11.6 Å². The number of nitrogens with zero attached hydrogens (tertiary/aromatic N) is 1. The maximum Gasteiger partial charge on any atom is 0.162 e. The van der Waals surface area contributed by atoms with E-state index in [9.17, 15) is 8.78 Å². The van der Waals surface area contributed by atoms with Crippen molar-refractivity contribution in [3.05, 3.63) is 59.7 Å². The van der Waals surface area contributed by atoms with E-state index in [0.717, 1.165) is 12.1 Å². The Bertz CT molecular complexity index is 638. The predicted molar refractivity (Wildman–Crippen MR) is 68.5 cm³/mol. The van der Waals surface area contributed by atoms with Gasteiger partial charge < -0.3 is 9.47 Å². The molecule has 0 unspecified atom stereocenters. The molecule has 0 atom stereocenters. The number of hydrogen-bond acceptors (Lipinski definition) is 3. The first-order valence-corrected chi connectivity index (χ1v) is 5.90. The molecule has 0 amide bonds. The molecule has 0 spiro atoms. The van der Waals surface area contributed by atoms with E-state index < -0.39 is 11.6 Å². The zero-order valence-corrected chi connectivity index (χ0v) is 10.5. The van der Waals surface area contributed by atoms with Crippen molar-refractivity contribution in [2.45, 2.75) is 0 Å². The highest BCUT2D eigenvalue weighted by atomic mass is 19.2. The third-order valence-corrected chi connectivity index (χ3v) is 2.47. The van der Waals surface area contributed by atoms with E-state index in [-0.39, 0.29) is 19.0 Å². The molecule has 0 aliphatic rings. The molecule has 5 heteroatoms. The molecule has 0 heterocycles. The largest absolute Gasteiger partial charge is 0.490 e. The summed E-state index contributed by atoms with van der Waals surface area (Å²) in [5, 5.41) is 8.73. The van der Waals surface area contributed by atoms with Gasteiger partial charge in [0.15, 0.2) is 11.6 Å². The van der Waals surface area contributed by atoms with Gasteiger partial charge in [-0.15, -0.1) is 0 Å². The van der Waals surface area contributed by atoms with Crippen molar-refractivity contribution >= 4 is 0 Å². The summed E-state index contributed by atoms with van der Waals surface area (Å²) in [6.07, 6.45) is 0. The molecule has 102 valence electrons. The summed E-state index contributed by atoms with van der Waals surface area (Å²) in [5.41, 5.74) is 0.504. The van der Waals surface area contributed by atoms with Crippen LogP contribution in [0.15, 0.2) is 42.5 Å². The molecule has 0 radical (unpaired) electrons. The number of halogens is 2. The molecule has 0 fully saturated rings. The first kappa shape index (κ1) is 13.8. The topological polar surface area (TPSA) is 42.2 Å². The fourth-order valence-corrected chi connectivity index (χ4v) is 1.54. The Kier molecular flexibility index (Phi) is 4.51. The van der Waals surface area contributed by atoms with E-state index in [1.165, 1.54) is 6.07 Å². The van der Waals surface area contributed by atoms with E-state index in [2.05, 4.69) is 0 Å². The highest BCUT2D eigenvalue weighted by Crippen LogP contribution is 2.16. The molecule has 0 bridgehead atoms. The van der Waals surface area contributed by atoms with Crippen LogP contribution in [0, 0.1) is 23.0 Å². The maximum absolute atomic E-state index is 12.9. The van der Waals surface area contributed by atoms with Gasteiger partial charge in [0.25, 0.3) is 0 Å². The Balaban J connectivity index is 1.81. The van der Waals surface area contributed by atoms with Gasteiger partial charge >= 0.3 is 0 Å². The summed E-state index contributed by atoms with van der Waals surface area (Å²) in [6, 6.07) is 12.0. The summed E-state index contributed by atoms with van der Waals surface area (Å²) in [5.74, 6) is -1.08. The van der Waals surface area contributed by atoms with Gasteiger partial charge in [0.1, 0.15) is 24.7 Å². The standard InChI is InChI=1S/C15H11F2NO2/c16-14-5-4-13(9-15(14)17)20-7-6-19-12-3-1-2-11(8-12)10-18/h1-5,8-9H,6-7H2. The van der Waals surface area contributed by atoms with Crippen molar-refractivity contribution < 1.29 is 18.3 Å². The van der Waals surface area contributed by atoms with Gasteiger partial charge in [-0.25, -0.2) is 8.78 Å². The number of nitriles is 1. The summed E-state index contributed by atoms with van der Waals surface area (Å²) >= 11 is 0. The van der Waals surface area contributed by atoms with Crippen LogP contribution in [-0.2, 0) is 0 Å². The summed E-state index contributed by atoms with van der Waals surface area (Å²) in [4.78, 5) is 0. The van der Waals surface area contributed by atoms with E-state index in [4.69, 9.17) is 14.7 Å². The quantitative estimate of drug-likeness (QED) is 0.786. The normalized spacial score (nSPS) is 9.85. The van der Waals surface area contributed by atoms with Crippen LogP contribution in [0.1, 0.15) is 5.56 Å². The molecule has 2 aromatic carbocycles. The van der Waals surface area contributed by atoms with Crippen LogP contribution in [0.3, 0.4) is 0 Å². The first-order valence-electron chi connectivity index (χ1n) is 5.90. The third kappa shape index (κ3) is 3.69. The highest BCUT2D eigenvalue weighted by molar-refractivity contribution is 5.36. The predicted octanol–water partition coefficient (Wildman–Crippen LogP) is 3.29. The lowest BCUT2D eigenvalue weighted by atomic mass is 10.2. The Morgan fingerprint density at radius 1 is 0.900 bits per heavy atom. The first-order chi connectivity index (χ1) is 9.69. The Morgan fingerprint density at radius 2 is 1.60 bits per heavy atom. The molecule has 0 saturated heterocycles. The molecule has 3 nitrogen and oxygen atoms in total. The highest BCUT2D eigenvalue weighted by Gasteiger charge is 2.03. The van der Waals surface area contributed by atoms with Crippen LogP contribution in [0.25, 0.3) is 0 Å². The molecular formula is C15H11F2NO2. The fourth-order valence-electron chi connectivity index (χ4n) is 1.54. The minimum absolute atomic E-state index is 0.182. The van der Waals surface area contributed by atoms with Gasteiger partial charge in [0, 0.05) is 6.07 Å². The van der Waals surface area contributed by atoms with Crippen molar-refractivity contribution in [3.63, 3.8) is 0 Å². The lowest BCUT2D eigenvalue weighted by Gasteiger charge is -2.08. The molecule has 0 aliphatic carbocycles. The van der Waals surface area contributed by atoms with Crippen LogP contribution < -0.4 is 9.47 Å². The number of ether oxygens (including phenoxy) is 2. The molecule has 0 saturated carbocycles. The Hall–Kier alpha value is -2.61. The maximum atomic E-state index is 12.9. The van der Waals surface area contributed by atoms with Gasteiger partial charge in [-0.2, -0.15) is 5.26 Å². The van der Waals surface area contributed by atoms with Crippen LogP contribution in [0.4, 0.5) is 8.78 Å². The van der Waals surface area contributed by atoms with E-state index in [0.29, 0.717) is 11.3 Å². The van der Waals surface area contributed by atoms with E-state index >= 15 is 0 Å². The summed E-state index contributed by atoms with van der Waals surface area (Å²) < 4.78 is 36.2. The summed E-state index contributed by atoms with van der Waals surface area (Å²) in [6.45, 7) is 0.412. The van der Waals surface area contributed by atoms with Gasteiger partial charge in [-0.3, -0.25) is 0 Å². The van der Waals surface area contributed by atoms with Crippen molar-refractivity contribution in [2.75, 3.05) is 13.2 Å². The molecule has 2 aromatic rings. The van der Waals surface area contributed by atoms with E-state index in [1.807, 2.05) is 6.07 Å². The summed E-state index contributed by atoms with van der Waals surface area (Å²) in [7, 11) is 0. The van der Waals surface area contributed by atoms with Crippen LogP contribution >= 0.6 is 0 Å². The molecule has 20 heavy (non-hydrogen) atoms. The van der Waals surface area contributed by atoms with Gasteiger partial charge in [-0.1, -0.05) is 6.07 Å². The van der Waals surface area contributed by atoms with Crippen molar-refractivity contribution in [3.8, 4) is 17.6 Å². The second-order valence-electron chi connectivity index (χ2n) is 3.91. The van der Waals surface area contributed by atoms with Crippen LogP contribution in [0.2, 0.25) is 0 Å². The van der Waals surface area contributed by atoms with E-state index in [1.54, 1.807) is 24.3 Å². The second-order valence-corrected chi connectivity index (χ2v) is 3.91. The van der Waals surface area contributed by atoms with Crippen LogP contribution in [0.5, 0.6) is 11.5 Å². The van der Waals surface area contributed by atoms with Crippen LogP contribution in [-0.4, -0.2) is 13.2 Å². The minimum atomic E-state index is -0.954. The zero-order valence-electron chi connectivity index (χ0n) is 10.5. The van der Waals surface area contributed by atoms with Crippen molar-refractivity contribution in [2.24, 2.45) is 0 Å². The Morgan fingerprint density at radius 3 is 2.25 bits per heavy atom. The number of hydrogen-bond donors (Lipinski definition) is 0. The molecule has 0 aromatic heterocycles. The average Bonchev–Trinajstić information content (AvgIpc) is 2.47. The lowest BCUT2D eigenvalue weighted by Crippen LogP contribution is -2.09. The molecular weight excluding hydrogens is 264 g/mol. The molecule has 2 rings (SSSR count). The van der Waals surface area contributed by atoms with Gasteiger partial charge in [-0.05, 0) is 30.3 Å². The fraction of sp³-hybridized carbons (Fsp3) is 0.133. The SMILES string of the molecule is N#Cc1cccc(OCCOc2ccc(F)c(F)c2)c1. The third-order valence-electron chi connectivity index (χ3n) is 2.47. The smallest absolute Gasteiger partial charge is 0.162 e. The number of rotatable bonds is 5. The van der Waals surface area contributed by atoms with Crippen molar-refractivity contribution in [1.29, 1.82) is 5.26 Å². The Labute approximate surface area is 115 Å². The minimum Gasteiger partial charge on any atom is -0.490 e. The van der Waals surface area contributed by atoms with Gasteiger partial charge in [0.2, 0.25) is 0 Å². The molecule has 0 aliphatic heterocycles. The molecule has 0 N–H and O–H groups in total.